The van der Waals surface area contributed by atoms with Gasteiger partial charge in [0.1, 0.15) is 11.4 Å². The molecule has 1 aliphatic carbocycles. The zero-order chi connectivity index (χ0) is 41.8. The number of carbonyl (C=O) groups excluding carboxylic acids is 4. The average Bonchev–Trinajstić information content (AvgIpc) is 4.11. The van der Waals surface area contributed by atoms with Crippen LogP contribution in [0.1, 0.15) is 85.1 Å². The van der Waals surface area contributed by atoms with Gasteiger partial charge in [0.15, 0.2) is 11.3 Å². The van der Waals surface area contributed by atoms with Crippen molar-refractivity contribution in [1.29, 1.82) is 0 Å². The van der Waals surface area contributed by atoms with E-state index in [4.69, 9.17) is 9.72 Å². The Labute approximate surface area is 352 Å². The van der Waals surface area contributed by atoms with E-state index >= 15 is 0 Å². The lowest BCUT2D eigenvalue weighted by atomic mass is 9.85. The van der Waals surface area contributed by atoms with Gasteiger partial charge in [-0.3, -0.25) is 34.1 Å². The van der Waals surface area contributed by atoms with Crippen molar-refractivity contribution in [2.24, 2.45) is 5.92 Å². The zero-order valence-electron chi connectivity index (χ0n) is 33.3. The van der Waals surface area contributed by atoms with E-state index in [1.807, 2.05) is 24.3 Å². The molecule has 20 heteroatoms. The number of nitrogens with zero attached hydrogens (tertiary/aromatic N) is 9. The maximum absolute atomic E-state index is 14.3. The van der Waals surface area contributed by atoms with E-state index in [2.05, 4.69) is 45.2 Å². The molecule has 1 saturated carbocycles. The van der Waals surface area contributed by atoms with Crippen molar-refractivity contribution >= 4 is 68.1 Å². The predicted octanol–water partition coefficient (Wildman–Crippen LogP) is 4.21. The molecule has 10 rings (SSSR count). The third-order valence-electron chi connectivity index (χ3n) is 12.9. The highest BCUT2D eigenvalue weighted by Crippen LogP contribution is 2.38. The van der Waals surface area contributed by atoms with E-state index in [9.17, 15) is 28.0 Å². The number of hydrogen-bond donors (Lipinski definition) is 3. The fourth-order valence-electron chi connectivity index (χ4n) is 9.66. The van der Waals surface area contributed by atoms with Crippen LogP contribution in [0.5, 0.6) is 0 Å². The monoisotopic (exact) mass is 856 g/mol. The SMILES string of the molecule is O=C1CC[C@H](c2nsc3c(NC(=O)CN4CCN(CC5CCC(n6cc(NC(=O)c7cnn8ccc(N9C[C@H]%10C[C@@H]9CO%10)nc78)c(C(F)F)n6)CC5)CC4)cccc23)C(=O)N1. The fourth-order valence-corrected chi connectivity index (χ4v) is 10.6. The Balaban J connectivity index is 0.699. The minimum absolute atomic E-state index is 0.0160. The number of alkyl halides is 2. The summed E-state index contributed by atoms with van der Waals surface area (Å²) in [5, 5.41) is 17.5. The van der Waals surface area contributed by atoms with E-state index < -0.39 is 23.9 Å². The predicted molar refractivity (Wildman–Crippen MR) is 221 cm³/mol. The van der Waals surface area contributed by atoms with Crippen LogP contribution in [-0.4, -0.2) is 127 Å². The lowest BCUT2D eigenvalue weighted by Gasteiger charge is -2.38. The van der Waals surface area contributed by atoms with Crippen LogP contribution in [0.25, 0.3) is 15.7 Å². The highest BCUT2D eigenvalue weighted by molar-refractivity contribution is 7.14. The third kappa shape index (κ3) is 7.97. The van der Waals surface area contributed by atoms with Crippen LogP contribution in [0, 0.1) is 5.92 Å². The van der Waals surface area contributed by atoms with Gasteiger partial charge in [0.2, 0.25) is 17.7 Å². The summed E-state index contributed by atoms with van der Waals surface area (Å²) in [5.41, 5.74) is 1.35. The van der Waals surface area contributed by atoms with Crippen LogP contribution in [0.2, 0.25) is 0 Å². The standard InChI is InChI=1S/C41H46F2N12O5S/c42-38(43)36-31(46-41(59)29-17-44-54-11-10-32(47-39(29)54)53-19-26-16-25(53)22-60-26)20-55(49-36)24-6-4-23(5-7-24)18-51-12-14-52(15-13-51)21-34(57)45-30-3-1-2-27-35(50-61-37(27)30)28-8-9-33(56)48-40(28)58/h1-3,10-11,17,20,23-26,28,38H,4-9,12-16,18-19,21-22H2,(H,45,57)(H,46,59)(H,48,56,58)/t23?,24?,25-,26-,28-/m1/s1. The summed E-state index contributed by atoms with van der Waals surface area (Å²) in [6.45, 7) is 5.75. The van der Waals surface area contributed by atoms with Crippen molar-refractivity contribution in [3.8, 4) is 0 Å². The number of nitrogens with one attached hydrogen (secondary N) is 3. The van der Waals surface area contributed by atoms with E-state index in [-0.39, 0.29) is 60.1 Å². The molecule has 61 heavy (non-hydrogen) atoms. The Morgan fingerprint density at radius 3 is 2.56 bits per heavy atom. The first kappa shape index (κ1) is 39.7. The van der Waals surface area contributed by atoms with Crippen LogP contribution in [-0.2, 0) is 19.1 Å². The maximum atomic E-state index is 14.3. The van der Waals surface area contributed by atoms with Gasteiger partial charge in [-0.25, -0.2) is 18.3 Å². The first-order valence-corrected chi connectivity index (χ1v) is 21.8. The van der Waals surface area contributed by atoms with Gasteiger partial charge in [-0.1, -0.05) is 12.1 Å². The zero-order valence-corrected chi connectivity index (χ0v) is 34.2. The number of imide groups is 1. The molecule has 2 bridgehead atoms. The normalized spacial score (nSPS) is 24.9. The molecule has 8 heterocycles. The maximum Gasteiger partial charge on any atom is 0.284 e. The molecule has 5 fully saturated rings. The molecule has 0 unspecified atom stereocenters. The fraction of sp³-hybridized carbons (Fsp3) is 0.512. The van der Waals surface area contributed by atoms with Crippen molar-refractivity contribution in [1.82, 2.24) is 43.9 Å². The minimum atomic E-state index is -2.87. The van der Waals surface area contributed by atoms with Gasteiger partial charge < -0.3 is 25.2 Å². The number of amides is 4. The van der Waals surface area contributed by atoms with Crippen molar-refractivity contribution in [2.45, 2.75) is 75.5 Å². The number of morpholine rings is 1. The van der Waals surface area contributed by atoms with Crippen molar-refractivity contribution < 1.29 is 32.7 Å². The van der Waals surface area contributed by atoms with Crippen molar-refractivity contribution in [3.63, 3.8) is 0 Å². The lowest BCUT2D eigenvalue weighted by molar-refractivity contribution is -0.134. The van der Waals surface area contributed by atoms with Gasteiger partial charge in [-0.05, 0) is 68.1 Å². The molecule has 0 spiro atoms. The topological polar surface area (TPSA) is 184 Å². The summed E-state index contributed by atoms with van der Waals surface area (Å²) >= 11 is 1.24. The number of halogens is 2. The summed E-state index contributed by atoms with van der Waals surface area (Å²) in [5.74, 6) is -0.615. The summed E-state index contributed by atoms with van der Waals surface area (Å²) < 4.78 is 42.7. The van der Waals surface area contributed by atoms with Crippen LogP contribution in [0.15, 0.2) is 42.9 Å². The van der Waals surface area contributed by atoms with E-state index in [1.165, 1.54) is 28.4 Å². The van der Waals surface area contributed by atoms with Gasteiger partial charge in [0.25, 0.3) is 12.3 Å². The minimum Gasteiger partial charge on any atom is -0.374 e. The molecule has 4 amide bonds. The summed E-state index contributed by atoms with van der Waals surface area (Å²) in [4.78, 5) is 62.4. The molecule has 3 atom stereocenters. The van der Waals surface area contributed by atoms with E-state index in [0.717, 1.165) is 87.3 Å². The summed E-state index contributed by atoms with van der Waals surface area (Å²) in [6.07, 6.45) is 7.04. The number of fused-ring (bicyclic) bond motifs is 4. The Bertz CT molecular complexity index is 2490. The molecule has 5 aliphatic rings. The number of aromatic nitrogens is 6. The second-order valence-electron chi connectivity index (χ2n) is 16.8. The average molecular weight is 857 g/mol. The van der Waals surface area contributed by atoms with Gasteiger partial charge in [0.05, 0.1) is 65.2 Å². The van der Waals surface area contributed by atoms with E-state index in [0.29, 0.717) is 36.0 Å². The molecule has 17 nitrogen and oxygen atoms in total. The Morgan fingerprint density at radius 1 is 0.984 bits per heavy atom. The van der Waals surface area contributed by atoms with Gasteiger partial charge in [-0.2, -0.15) is 14.6 Å². The number of anilines is 3. The Hall–Kier alpha value is -5.44. The van der Waals surface area contributed by atoms with Crippen LogP contribution in [0.4, 0.5) is 26.0 Å². The van der Waals surface area contributed by atoms with Gasteiger partial charge >= 0.3 is 0 Å². The van der Waals surface area contributed by atoms with Gasteiger partial charge in [0, 0.05) is 63.5 Å². The Kier molecular flexibility index (Phi) is 10.7. The summed E-state index contributed by atoms with van der Waals surface area (Å²) in [6, 6.07) is 7.61. The summed E-state index contributed by atoms with van der Waals surface area (Å²) in [7, 11) is 0. The molecule has 0 radical (unpaired) electrons. The number of hydrogen-bond acceptors (Lipinski definition) is 13. The molecular formula is C41H46F2N12O5S. The van der Waals surface area contributed by atoms with E-state index in [1.54, 1.807) is 10.9 Å². The number of ether oxygens (including phenoxy) is 1. The smallest absolute Gasteiger partial charge is 0.284 e. The van der Waals surface area contributed by atoms with Gasteiger partial charge in [-0.15, -0.1) is 0 Å². The number of piperidine rings is 1. The van der Waals surface area contributed by atoms with Crippen LogP contribution >= 0.6 is 11.5 Å². The van der Waals surface area contributed by atoms with Crippen molar-refractivity contribution in [2.75, 3.05) is 68.0 Å². The Morgan fingerprint density at radius 2 is 1.80 bits per heavy atom. The number of benzene rings is 1. The first-order valence-electron chi connectivity index (χ1n) is 21.0. The molecule has 4 saturated heterocycles. The molecule has 5 aromatic rings. The highest BCUT2D eigenvalue weighted by atomic mass is 32.1. The molecule has 4 aromatic heterocycles. The third-order valence-corrected chi connectivity index (χ3v) is 13.8. The largest absolute Gasteiger partial charge is 0.374 e. The van der Waals surface area contributed by atoms with Crippen molar-refractivity contribution in [3.05, 3.63) is 59.8 Å². The molecular weight excluding hydrogens is 811 g/mol. The number of carbonyl (C=O) groups is 4. The second kappa shape index (κ2) is 16.4. The molecule has 320 valence electrons. The molecule has 3 N–H and O–H groups in total. The second-order valence-corrected chi connectivity index (χ2v) is 17.6. The van der Waals surface area contributed by atoms with Crippen LogP contribution in [0.3, 0.4) is 0 Å². The number of rotatable bonds is 11. The molecule has 1 aromatic carbocycles. The highest BCUT2D eigenvalue weighted by Gasteiger charge is 2.40. The first-order chi connectivity index (χ1) is 29.6. The lowest BCUT2D eigenvalue weighted by Crippen LogP contribution is -2.49. The molecule has 4 aliphatic heterocycles. The quantitative estimate of drug-likeness (QED) is 0.161. The number of piperazine rings is 1. The van der Waals surface area contributed by atoms with Crippen LogP contribution < -0.4 is 20.9 Å².